The zero-order valence-corrected chi connectivity index (χ0v) is 15.8. The van der Waals surface area contributed by atoms with Crippen molar-refractivity contribution in [2.75, 3.05) is 66.2 Å². The van der Waals surface area contributed by atoms with E-state index in [0.29, 0.717) is 32.1 Å². The summed E-state index contributed by atoms with van der Waals surface area (Å²) in [4.78, 5) is 21.0. The average Bonchev–Trinajstić information content (AvgIpc) is 3.29. The van der Waals surface area contributed by atoms with Crippen molar-refractivity contribution in [3.63, 3.8) is 0 Å². The second-order valence-electron chi connectivity index (χ2n) is 6.74. The lowest BCUT2D eigenvalue weighted by atomic mass is 10.1. The third-order valence-corrected chi connectivity index (χ3v) is 4.75. The van der Waals surface area contributed by atoms with Crippen LogP contribution in [-0.4, -0.2) is 87.9 Å². The van der Waals surface area contributed by atoms with Crippen LogP contribution in [0, 0.1) is 5.92 Å². The summed E-state index contributed by atoms with van der Waals surface area (Å²) < 4.78 is 10.7. The van der Waals surface area contributed by atoms with Gasteiger partial charge in [0.2, 0.25) is 5.91 Å². The Kier molecular flexibility index (Phi) is 9.04. The van der Waals surface area contributed by atoms with Gasteiger partial charge in [0.25, 0.3) is 0 Å². The van der Waals surface area contributed by atoms with E-state index in [1.807, 2.05) is 4.90 Å². The summed E-state index contributed by atoms with van der Waals surface area (Å²) in [6, 6.07) is 0. The molecule has 2 saturated heterocycles. The molecule has 2 rings (SSSR count). The van der Waals surface area contributed by atoms with Crippen LogP contribution in [0.1, 0.15) is 32.6 Å². The van der Waals surface area contributed by atoms with Crippen molar-refractivity contribution >= 4 is 11.9 Å². The largest absolute Gasteiger partial charge is 0.382 e. The fourth-order valence-corrected chi connectivity index (χ4v) is 3.36. The number of rotatable bonds is 9. The van der Waals surface area contributed by atoms with E-state index in [4.69, 9.17) is 9.47 Å². The number of amides is 1. The van der Waals surface area contributed by atoms with Gasteiger partial charge in [0.1, 0.15) is 0 Å². The number of ether oxygens (including phenoxy) is 2. The third-order valence-electron chi connectivity index (χ3n) is 4.75. The summed E-state index contributed by atoms with van der Waals surface area (Å²) in [7, 11) is 1.69. The second kappa shape index (κ2) is 11.3. The van der Waals surface area contributed by atoms with E-state index in [-0.39, 0.29) is 5.91 Å². The molecule has 1 amide bonds. The fraction of sp³-hybridized carbons (Fsp3) is 0.889. The van der Waals surface area contributed by atoms with Crippen molar-refractivity contribution in [2.24, 2.45) is 10.9 Å². The Labute approximate surface area is 151 Å². The van der Waals surface area contributed by atoms with E-state index in [1.54, 1.807) is 7.11 Å². The van der Waals surface area contributed by atoms with Gasteiger partial charge >= 0.3 is 0 Å². The molecule has 25 heavy (non-hydrogen) atoms. The van der Waals surface area contributed by atoms with Gasteiger partial charge in [-0.2, -0.15) is 0 Å². The minimum Gasteiger partial charge on any atom is -0.382 e. The van der Waals surface area contributed by atoms with E-state index in [9.17, 15) is 4.79 Å². The van der Waals surface area contributed by atoms with Crippen molar-refractivity contribution < 1.29 is 14.3 Å². The highest BCUT2D eigenvalue weighted by Gasteiger charge is 2.25. The quantitative estimate of drug-likeness (QED) is 0.379. The molecule has 2 heterocycles. The van der Waals surface area contributed by atoms with Gasteiger partial charge in [-0.3, -0.25) is 9.79 Å². The maximum atomic E-state index is 12.1. The molecule has 144 valence electrons. The highest BCUT2D eigenvalue weighted by atomic mass is 16.5. The molecule has 1 unspecified atom stereocenters. The smallest absolute Gasteiger partial charge is 0.224 e. The second-order valence-corrected chi connectivity index (χ2v) is 6.74. The minimum absolute atomic E-state index is 0.239. The van der Waals surface area contributed by atoms with E-state index in [2.05, 4.69) is 22.1 Å². The van der Waals surface area contributed by atoms with Gasteiger partial charge in [-0.1, -0.05) is 0 Å². The van der Waals surface area contributed by atoms with Gasteiger partial charge in [0, 0.05) is 52.2 Å². The number of nitrogens with one attached hydrogen (secondary N) is 1. The first-order valence-corrected chi connectivity index (χ1v) is 9.62. The van der Waals surface area contributed by atoms with Crippen molar-refractivity contribution in [2.45, 2.75) is 32.6 Å². The van der Waals surface area contributed by atoms with Gasteiger partial charge in [0.05, 0.1) is 26.4 Å². The first kappa shape index (κ1) is 20.0. The Morgan fingerprint density at radius 3 is 2.72 bits per heavy atom. The molecule has 0 saturated carbocycles. The lowest BCUT2D eigenvalue weighted by Crippen LogP contribution is -2.40. The molecule has 7 heteroatoms. The average molecular weight is 354 g/mol. The Morgan fingerprint density at radius 1 is 1.20 bits per heavy atom. The molecule has 7 nitrogen and oxygen atoms in total. The Morgan fingerprint density at radius 2 is 2.00 bits per heavy atom. The predicted octanol–water partition coefficient (Wildman–Crippen LogP) is 0.949. The molecule has 0 radical (unpaired) electrons. The number of carbonyl (C=O) groups excluding carboxylic acids is 1. The zero-order valence-electron chi connectivity index (χ0n) is 15.8. The van der Waals surface area contributed by atoms with Crippen LogP contribution in [0.2, 0.25) is 0 Å². The molecular formula is C18H34N4O3. The molecule has 0 spiro atoms. The molecule has 2 aliphatic rings. The lowest BCUT2D eigenvalue weighted by molar-refractivity contribution is -0.129. The highest BCUT2D eigenvalue weighted by molar-refractivity contribution is 5.81. The number of hydrogen-bond acceptors (Lipinski definition) is 4. The Balaban J connectivity index is 1.74. The van der Waals surface area contributed by atoms with Gasteiger partial charge in [-0.05, 0) is 26.2 Å². The first-order chi connectivity index (χ1) is 12.2. The van der Waals surface area contributed by atoms with Crippen LogP contribution in [0.25, 0.3) is 0 Å². The van der Waals surface area contributed by atoms with Gasteiger partial charge in [0.15, 0.2) is 5.96 Å². The van der Waals surface area contributed by atoms with Gasteiger partial charge in [-0.25, -0.2) is 0 Å². The van der Waals surface area contributed by atoms with Crippen LogP contribution < -0.4 is 5.32 Å². The van der Waals surface area contributed by atoms with Crippen LogP contribution in [0.3, 0.4) is 0 Å². The van der Waals surface area contributed by atoms with Crippen LogP contribution >= 0.6 is 0 Å². The lowest BCUT2D eigenvalue weighted by Gasteiger charge is -2.22. The summed E-state index contributed by atoms with van der Waals surface area (Å²) in [6.45, 7) is 9.32. The van der Waals surface area contributed by atoms with Crippen molar-refractivity contribution in [1.29, 1.82) is 0 Å². The van der Waals surface area contributed by atoms with Crippen molar-refractivity contribution in [3.05, 3.63) is 0 Å². The van der Waals surface area contributed by atoms with Gasteiger partial charge < -0.3 is 24.6 Å². The fourth-order valence-electron chi connectivity index (χ4n) is 3.36. The zero-order chi connectivity index (χ0) is 17.9. The topological polar surface area (TPSA) is 66.4 Å². The van der Waals surface area contributed by atoms with Crippen LogP contribution in [0.5, 0.6) is 0 Å². The molecule has 2 aliphatic heterocycles. The first-order valence-electron chi connectivity index (χ1n) is 9.62. The third kappa shape index (κ3) is 6.82. The molecule has 1 N–H and O–H groups in total. The number of nitrogens with zero attached hydrogens (tertiary/aromatic N) is 3. The molecule has 0 aromatic heterocycles. The predicted molar refractivity (Wildman–Crippen MR) is 98.8 cm³/mol. The van der Waals surface area contributed by atoms with Crippen molar-refractivity contribution in [3.8, 4) is 0 Å². The monoisotopic (exact) mass is 354 g/mol. The number of aliphatic imine (C=N–C) groups is 1. The summed E-state index contributed by atoms with van der Waals surface area (Å²) >= 11 is 0. The molecular weight excluding hydrogens is 320 g/mol. The summed E-state index contributed by atoms with van der Waals surface area (Å²) in [5, 5.41) is 3.35. The van der Waals surface area contributed by atoms with E-state index in [0.717, 1.165) is 64.6 Å². The standard InChI is InChI=1S/C18H34N4O3/c1-3-19-18(20-8-6-17(23)21-9-4-5-10-21)22-11-7-16(14-22)15-25-13-12-24-2/h16H,3-15H2,1-2H3,(H,19,20). The van der Waals surface area contributed by atoms with E-state index in [1.165, 1.54) is 0 Å². The number of likely N-dealkylation sites (tertiary alicyclic amines) is 2. The molecule has 0 aliphatic carbocycles. The number of hydrogen-bond donors (Lipinski definition) is 1. The molecule has 0 aromatic rings. The van der Waals surface area contributed by atoms with Gasteiger partial charge in [-0.15, -0.1) is 0 Å². The highest BCUT2D eigenvalue weighted by Crippen LogP contribution is 2.17. The maximum Gasteiger partial charge on any atom is 0.224 e. The molecule has 2 fully saturated rings. The number of methoxy groups -OCH3 is 1. The molecule has 0 aromatic carbocycles. The minimum atomic E-state index is 0.239. The van der Waals surface area contributed by atoms with Crippen molar-refractivity contribution in [1.82, 2.24) is 15.1 Å². The Hall–Kier alpha value is -1.34. The van der Waals surface area contributed by atoms with E-state index < -0.39 is 0 Å². The van der Waals surface area contributed by atoms with Crippen LogP contribution in [-0.2, 0) is 14.3 Å². The van der Waals surface area contributed by atoms with E-state index >= 15 is 0 Å². The Bertz CT molecular complexity index is 425. The maximum absolute atomic E-state index is 12.1. The molecule has 0 bridgehead atoms. The summed E-state index contributed by atoms with van der Waals surface area (Å²) in [5.74, 6) is 1.70. The molecule has 1 atom stereocenters. The van der Waals surface area contributed by atoms with Crippen LogP contribution in [0.15, 0.2) is 4.99 Å². The number of carbonyl (C=O) groups is 1. The van der Waals surface area contributed by atoms with Crippen LogP contribution in [0.4, 0.5) is 0 Å². The summed E-state index contributed by atoms with van der Waals surface area (Å²) in [5.41, 5.74) is 0. The summed E-state index contributed by atoms with van der Waals surface area (Å²) in [6.07, 6.45) is 3.90. The SMILES string of the molecule is CCNC(=NCCC(=O)N1CCCC1)N1CCC(COCCOC)C1. The number of guanidine groups is 1. The normalized spacial score (nSPS) is 21.2.